The lowest BCUT2D eigenvalue weighted by atomic mass is 10.5. The Hall–Kier alpha value is -1.11. The molecular formula is C7H3BrF3N3. The Labute approximate surface area is 84.7 Å². The summed E-state index contributed by atoms with van der Waals surface area (Å²) >= 11 is 3.09. The number of alkyl halides is 3. The lowest BCUT2D eigenvalue weighted by Crippen LogP contribution is -2.07. The fraction of sp³-hybridized carbons (Fsp3) is 0.143. The standard InChI is InChI=1S/C7H3BrF3N3/c8-4-2-1-3-14-5(4)12-6(13-14)7(9,10)11/h1-3H. The molecule has 7 heteroatoms. The molecule has 0 aliphatic rings. The van der Waals surface area contributed by atoms with Crippen molar-refractivity contribution in [3.05, 3.63) is 28.6 Å². The number of nitrogens with zero attached hydrogens (tertiary/aromatic N) is 3. The van der Waals surface area contributed by atoms with E-state index < -0.39 is 12.0 Å². The van der Waals surface area contributed by atoms with Gasteiger partial charge >= 0.3 is 6.18 Å². The summed E-state index contributed by atoms with van der Waals surface area (Å²) in [7, 11) is 0. The normalized spacial score (nSPS) is 12.3. The van der Waals surface area contributed by atoms with Gasteiger partial charge in [0.1, 0.15) is 0 Å². The second kappa shape index (κ2) is 2.94. The van der Waals surface area contributed by atoms with Gasteiger partial charge in [-0.2, -0.15) is 13.2 Å². The maximum atomic E-state index is 12.2. The van der Waals surface area contributed by atoms with Gasteiger partial charge in [-0.05, 0) is 28.1 Å². The number of pyridine rings is 1. The van der Waals surface area contributed by atoms with E-state index in [1.54, 1.807) is 12.1 Å². The van der Waals surface area contributed by atoms with E-state index in [1.165, 1.54) is 6.20 Å². The fourth-order valence-electron chi connectivity index (χ4n) is 0.994. The van der Waals surface area contributed by atoms with E-state index in [0.717, 1.165) is 4.52 Å². The highest BCUT2D eigenvalue weighted by molar-refractivity contribution is 9.10. The Morgan fingerprint density at radius 2 is 2.07 bits per heavy atom. The molecule has 74 valence electrons. The smallest absolute Gasteiger partial charge is 0.219 e. The van der Waals surface area contributed by atoms with Crippen LogP contribution in [0.3, 0.4) is 0 Å². The highest BCUT2D eigenvalue weighted by Gasteiger charge is 2.36. The second-order valence-electron chi connectivity index (χ2n) is 2.56. The van der Waals surface area contributed by atoms with E-state index in [4.69, 9.17) is 0 Å². The monoisotopic (exact) mass is 265 g/mol. The van der Waals surface area contributed by atoms with Crippen LogP contribution in [-0.2, 0) is 6.18 Å². The van der Waals surface area contributed by atoms with Crippen LogP contribution in [0.5, 0.6) is 0 Å². The van der Waals surface area contributed by atoms with Crippen molar-refractivity contribution in [2.24, 2.45) is 0 Å². The maximum absolute atomic E-state index is 12.2. The summed E-state index contributed by atoms with van der Waals surface area (Å²) in [5.41, 5.74) is 0.153. The quantitative estimate of drug-likeness (QED) is 0.733. The third-order valence-corrected chi connectivity index (χ3v) is 2.19. The van der Waals surface area contributed by atoms with E-state index in [2.05, 4.69) is 26.0 Å². The van der Waals surface area contributed by atoms with Gasteiger partial charge in [0.2, 0.25) is 0 Å². The summed E-state index contributed by atoms with van der Waals surface area (Å²) in [6.45, 7) is 0. The van der Waals surface area contributed by atoms with Crippen molar-refractivity contribution in [3.8, 4) is 0 Å². The first-order chi connectivity index (χ1) is 6.48. The predicted octanol–water partition coefficient (Wildman–Crippen LogP) is 2.51. The Morgan fingerprint density at radius 1 is 1.36 bits per heavy atom. The molecule has 2 rings (SSSR count). The van der Waals surface area contributed by atoms with Gasteiger partial charge in [0.05, 0.1) is 4.47 Å². The van der Waals surface area contributed by atoms with Crippen molar-refractivity contribution < 1.29 is 13.2 Å². The van der Waals surface area contributed by atoms with Crippen LogP contribution in [0.4, 0.5) is 13.2 Å². The van der Waals surface area contributed by atoms with Gasteiger partial charge in [-0.25, -0.2) is 9.50 Å². The Balaban J connectivity index is 2.69. The Bertz CT molecular complexity index is 476. The van der Waals surface area contributed by atoms with Gasteiger partial charge in [-0.3, -0.25) is 0 Å². The molecule has 0 spiro atoms. The van der Waals surface area contributed by atoms with Crippen LogP contribution in [0, 0.1) is 0 Å². The van der Waals surface area contributed by atoms with E-state index in [0.29, 0.717) is 4.47 Å². The SMILES string of the molecule is FC(F)(F)c1nc2c(Br)cccn2n1. The molecule has 0 aromatic carbocycles. The Morgan fingerprint density at radius 3 is 2.64 bits per heavy atom. The third-order valence-electron chi connectivity index (χ3n) is 1.57. The van der Waals surface area contributed by atoms with Gasteiger partial charge in [0.15, 0.2) is 5.65 Å². The first kappa shape index (κ1) is 9.45. The van der Waals surface area contributed by atoms with Gasteiger partial charge in [0, 0.05) is 6.20 Å². The average molecular weight is 266 g/mol. The van der Waals surface area contributed by atoms with Crippen molar-refractivity contribution >= 4 is 21.6 Å². The van der Waals surface area contributed by atoms with Crippen LogP contribution in [-0.4, -0.2) is 14.6 Å². The van der Waals surface area contributed by atoms with Crippen LogP contribution in [0.15, 0.2) is 22.8 Å². The van der Waals surface area contributed by atoms with Gasteiger partial charge < -0.3 is 0 Å². The molecule has 0 atom stereocenters. The minimum Gasteiger partial charge on any atom is -0.219 e. The average Bonchev–Trinajstić information content (AvgIpc) is 2.48. The first-order valence-corrected chi connectivity index (χ1v) is 4.36. The van der Waals surface area contributed by atoms with Crippen LogP contribution in [0.2, 0.25) is 0 Å². The molecule has 3 nitrogen and oxygen atoms in total. The van der Waals surface area contributed by atoms with Crippen molar-refractivity contribution in [2.75, 3.05) is 0 Å². The van der Waals surface area contributed by atoms with Gasteiger partial charge in [-0.1, -0.05) is 0 Å². The van der Waals surface area contributed by atoms with Crippen molar-refractivity contribution in [3.63, 3.8) is 0 Å². The lowest BCUT2D eigenvalue weighted by molar-refractivity contribution is -0.144. The highest BCUT2D eigenvalue weighted by Crippen LogP contribution is 2.27. The zero-order valence-electron chi connectivity index (χ0n) is 6.59. The molecule has 0 amide bonds. The molecule has 0 saturated carbocycles. The number of rotatable bonds is 0. The number of halogens is 4. The molecule has 0 saturated heterocycles. The zero-order valence-corrected chi connectivity index (χ0v) is 8.17. The summed E-state index contributed by atoms with van der Waals surface area (Å²) in [6, 6.07) is 3.18. The molecule has 0 N–H and O–H groups in total. The molecule has 0 fully saturated rings. The molecule has 2 aromatic rings. The van der Waals surface area contributed by atoms with E-state index in [-0.39, 0.29) is 5.65 Å². The van der Waals surface area contributed by atoms with Gasteiger partial charge in [-0.15, -0.1) is 5.10 Å². The molecule has 2 heterocycles. The molecular weight excluding hydrogens is 263 g/mol. The van der Waals surface area contributed by atoms with Crippen molar-refractivity contribution in [1.82, 2.24) is 14.6 Å². The lowest BCUT2D eigenvalue weighted by Gasteiger charge is -1.96. The maximum Gasteiger partial charge on any atom is 0.453 e. The predicted molar refractivity (Wildman–Crippen MR) is 45.7 cm³/mol. The van der Waals surface area contributed by atoms with Crippen molar-refractivity contribution in [2.45, 2.75) is 6.18 Å². The summed E-state index contributed by atoms with van der Waals surface area (Å²) in [5, 5.41) is 3.30. The number of fused-ring (bicyclic) bond motifs is 1. The molecule has 0 aliphatic carbocycles. The largest absolute Gasteiger partial charge is 0.453 e. The molecule has 0 aliphatic heterocycles. The summed E-state index contributed by atoms with van der Waals surface area (Å²) in [4.78, 5) is 3.36. The number of aromatic nitrogens is 3. The number of hydrogen-bond donors (Lipinski definition) is 0. The molecule has 0 radical (unpaired) electrons. The van der Waals surface area contributed by atoms with Crippen LogP contribution in [0.1, 0.15) is 5.82 Å². The van der Waals surface area contributed by atoms with E-state index >= 15 is 0 Å². The summed E-state index contributed by atoms with van der Waals surface area (Å²) in [6.07, 6.45) is -3.10. The van der Waals surface area contributed by atoms with Crippen LogP contribution in [0.25, 0.3) is 5.65 Å². The summed E-state index contributed by atoms with van der Waals surface area (Å²) in [5.74, 6) is -1.13. The number of hydrogen-bond acceptors (Lipinski definition) is 2. The second-order valence-corrected chi connectivity index (χ2v) is 3.41. The zero-order chi connectivity index (χ0) is 10.3. The van der Waals surface area contributed by atoms with Crippen molar-refractivity contribution in [1.29, 1.82) is 0 Å². The van der Waals surface area contributed by atoms with Gasteiger partial charge in [0.25, 0.3) is 5.82 Å². The Kier molecular flexibility index (Phi) is 1.99. The minimum absolute atomic E-state index is 0.153. The fourth-order valence-corrected chi connectivity index (χ4v) is 1.42. The molecule has 2 aromatic heterocycles. The summed E-state index contributed by atoms with van der Waals surface area (Å²) < 4.78 is 38.2. The van der Waals surface area contributed by atoms with E-state index in [1.807, 2.05) is 0 Å². The molecule has 14 heavy (non-hydrogen) atoms. The third kappa shape index (κ3) is 1.47. The molecule has 0 unspecified atom stereocenters. The molecule has 0 bridgehead atoms. The van der Waals surface area contributed by atoms with Crippen LogP contribution >= 0.6 is 15.9 Å². The topological polar surface area (TPSA) is 30.2 Å². The van der Waals surface area contributed by atoms with E-state index in [9.17, 15) is 13.2 Å². The van der Waals surface area contributed by atoms with Crippen LogP contribution < -0.4 is 0 Å². The minimum atomic E-state index is -4.51. The highest BCUT2D eigenvalue weighted by atomic mass is 79.9. The first-order valence-electron chi connectivity index (χ1n) is 3.56.